The van der Waals surface area contributed by atoms with Crippen molar-refractivity contribution in [3.63, 3.8) is 0 Å². The molecular formula is C22H24N2O8S. The fourth-order valence-electron chi connectivity index (χ4n) is 3.22. The lowest BCUT2D eigenvalue weighted by atomic mass is 10.1. The third-order valence-electron chi connectivity index (χ3n) is 4.53. The smallest absolute Gasteiger partial charge is 0.303 e. The van der Waals surface area contributed by atoms with Crippen molar-refractivity contribution in [1.82, 2.24) is 9.97 Å². The maximum atomic E-state index is 11.8. The second-order valence-corrected chi connectivity index (χ2v) is 8.22. The Hall–Kier alpha value is -3.34. The molecule has 1 fully saturated rings. The van der Waals surface area contributed by atoms with Crippen LogP contribution in [0.2, 0.25) is 0 Å². The van der Waals surface area contributed by atoms with Gasteiger partial charge in [-0.1, -0.05) is 0 Å². The van der Waals surface area contributed by atoms with E-state index in [1.165, 1.54) is 38.7 Å². The molecule has 0 amide bonds. The molecule has 2 aromatic heterocycles. The fourth-order valence-corrected chi connectivity index (χ4v) is 4.43. The highest BCUT2D eigenvalue weighted by atomic mass is 32.2. The summed E-state index contributed by atoms with van der Waals surface area (Å²) in [5, 5.41) is 0. The molecule has 1 aliphatic heterocycles. The molecule has 0 spiro atoms. The lowest BCUT2D eigenvalue weighted by molar-refractivity contribution is -0.186. The minimum Gasteiger partial charge on any atom is -0.481 e. The monoisotopic (exact) mass is 476 g/mol. The minimum atomic E-state index is -1.01. The van der Waals surface area contributed by atoms with Crippen molar-refractivity contribution in [3.8, 4) is 22.9 Å². The molecular weight excluding hydrogens is 452 g/mol. The number of aromatic nitrogens is 2. The second kappa shape index (κ2) is 11.0. The van der Waals surface area contributed by atoms with Gasteiger partial charge in [0, 0.05) is 44.4 Å². The summed E-state index contributed by atoms with van der Waals surface area (Å²) in [5.74, 6) is -0.523. The van der Waals surface area contributed by atoms with Gasteiger partial charge in [-0.25, -0.2) is 4.98 Å². The van der Waals surface area contributed by atoms with Gasteiger partial charge in [-0.05, 0) is 18.2 Å². The number of esters is 3. The fraction of sp³-hybridized carbons (Fsp3) is 0.409. The van der Waals surface area contributed by atoms with Gasteiger partial charge in [0.05, 0.1) is 19.0 Å². The van der Waals surface area contributed by atoms with Gasteiger partial charge in [0.2, 0.25) is 5.88 Å². The first-order chi connectivity index (χ1) is 15.8. The molecule has 0 saturated carbocycles. The van der Waals surface area contributed by atoms with E-state index in [1.54, 1.807) is 31.5 Å². The summed E-state index contributed by atoms with van der Waals surface area (Å²) in [6.45, 7) is 3.72. The lowest BCUT2D eigenvalue weighted by Crippen LogP contribution is -2.55. The Morgan fingerprint density at radius 2 is 1.58 bits per heavy atom. The predicted octanol–water partition coefficient (Wildman–Crippen LogP) is 2.40. The van der Waals surface area contributed by atoms with Gasteiger partial charge in [-0.2, -0.15) is 0 Å². The molecule has 1 aliphatic rings. The Morgan fingerprint density at radius 1 is 0.879 bits per heavy atom. The molecule has 0 aliphatic carbocycles. The average Bonchev–Trinajstić information content (AvgIpc) is 2.77. The van der Waals surface area contributed by atoms with Crippen LogP contribution in [-0.4, -0.2) is 64.5 Å². The summed E-state index contributed by atoms with van der Waals surface area (Å²) in [7, 11) is 1.54. The highest BCUT2D eigenvalue weighted by Crippen LogP contribution is 2.34. The van der Waals surface area contributed by atoms with Crippen LogP contribution < -0.4 is 9.47 Å². The standard InChI is InChI=1S/C22H24N2O8S/c1-12(25)29-18-11-33-22(21(31-14(3)27)20(18)30-13(2)26)32-16-6-7-17(23-10-16)15-5-8-19(28-4)24-9-15/h5-10,18,20-22H,11H2,1-4H3/t18-,20+,21-,22?/m1/s1. The Labute approximate surface area is 194 Å². The van der Waals surface area contributed by atoms with Gasteiger partial charge < -0.3 is 23.7 Å². The van der Waals surface area contributed by atoms with Crippen molar-refractivity contribution in [2.45, 2.75) is 44.5 Å². The van der Waals surface area contributed by atoms with E-state index in [9.17, 15) is 14.4 Å². The third-order valence-corrected chi connectivity index (χ3v) is 5.75. The van der Waals surface area contributed by atoms with E-state index >= 15 is 0 Å². The van der Waals surface area contributed by atoms with E-state index < -0.39 is 41.7 Å². The number of nitrogens with zero attached hydrogens (tertiary/aromatic N) is 2. The van der Waals surface area contributed by atoms with E-state index in [1.807, 2.05) is 6.07 Å². The SMILES string of the molecule is COc1ccc(-c2ccc(OC3SC[C@@H](OC(C)=O)[C@H](OC(C)=O)[C@H]3OC(C)=O)cn2)cn1. The maximum Gasteiger partial charge on any atom is 0.303 e. The Morgan fingerprint density at radius 3 is 2.12 bits per heavy atom. The molecule has 4 atom stereocenters. The van der Waals surface area contributed by atoms with Gasteiger partial charge in [-0.3, -0.25) is 19.4 Å². The molecule has 11 heteroatoms. The van der Waals surface area contributed by atoms with E-state index in [0.29, 0.717) is 17.3 Å². The van der Waals surface area contributed by atoms with Crippen LogP contribution in [0.3, 0.4) is 0 Å². The second-order valence-electron chi connectivity index (χ2n) is 7.08. The summed E-state index contributed by atoms with van der Waals surface area (Å²) in [5.41, 5.74) is 0.754. The number of ether oxygens (including phenoxy) is 5. The van der Waals surface area contributed by atoms with Crippen molar-refractivity contribution in [3.05, 3.63) is 36.7 Å². The molecule has 3 heterocycles. The van der Waals surface area contributed by atoms with Crippen LogP contribution in [0.15, 0.2) is 36.7 Å². The van der Waals surface area contributed by atoms with E-state index in [4.69, 9.17) is 23.7 Å². The molecule has 0 aromatic carbocycles. The highest BCUT2D eigenvalue weighted by molar-refractivity contribution is 7.99. The summed E-state index contributed by atoms with van der Waals surface area (Å²) >= 11 is 1.27. The lowest BCUT2D eigenvalue weighted by Gasteiger charge is -2.39. The molecule has 1 saturated heterocycles. The Kier molecular flexibility index (Phi) is 8.10. The topological polar surface area (TPSA) is 123 Å². The Balaban J connectivity index is 1.78. The van der Waals surface area contributed by atoms with E-state index in [0.717, 1.165) is 5.56 Å². The van der Waals surface area contributed by atoms with Crippen LogP contribution in [0.1, 0.15) is 20.8 Å². The van der Waals surface area contributed by atoms with Crippen LogP contribution in [0.25, 0.3) is 11.3 Å². The van der Waals surface area contributed by atoms with Gasteiger partial charge >= 0.3 is 17.9 Å². The largest absolute Gasteiger partial charge is 0.481 e. The van der Waals surface area contributed by atoms with E-state index in [-0.39, 0.29) is 5.75 Å². The first kappa shape index (κ1) is 24.3. The number of methoxy groups -OCH3 is 1. The van der Waals surface area contributed by atoms with Gasteiger partial charge in [0.1, 0.15) is 5.75 Å². The van der Waals surface area contributed by atoms with Crippen molar-refractivity contribution < 1.29 is 38.1 Å². The quantitative estimate of drug-likeness (QED) is 0.432. The summed E-state index contributed by atoms with van der Waals surface area (Å²) < 4.78 is 27.1. The molecule has 10 nitrogen and oxygen atoms in total. The molecule has 0 bridgehead atoms. The molecule has 176 valence electrons. The number of hydrogen-bond acceptors (Lipinski definition) is 11. The van der Waals surface area contributed by atoms with Gasteiger partial charge in [-0.15, -0.1) is 11.8 Å². The van der Waals surface area contributed by atoms with Crippen LogP contribution in [0.5, 0.6) is 11.6 Å². The number of pyridine rings is 2. The molecule has 3 rings (SSSR count). The van der Waals surface area contributed by atoms with Crippen LogP contribution in [0.4, 0.5) is 0 Å². The molecule has 1 unspecified atom stereocenters. The minimum absolute atomic E-state index is 0.281. The number of carbonyl (C=O) groups is 3. The average molecular weight is 477 g/mol. The van der Waals surface area contributed by atoms with Crippen molar-refractivity contribution in [1.29, 1.82) is 0 Å². The Bertz CT molecular complexity index is 983. The normalized spacial score (nSPS) is 22.1. The number of carbonyl (C=O) groups excluding carboxylic acids is 3. The first-order valence-electron chi connectivity index (χ1n) is 10.0. The van der Waals surface area contributed by atoms with Crippen LogP contribution >= 0.6 is 11.8 Å². The molecule has 0 N–H and O–H groups in total. The zero-order valence-corrected chi connectivity index (χ0v) is 19.4. The molecule has 0 radical (unpaired) electrons. The van der Waals surface area contributed by atoms with Gasteiger partial charge in [0.15, 0.2) is 23.7 Å². The van der Waals surface area contributed by atoms with Crippen molar-refractivity contribution in [2.75, 3.05) is 12.9 Å². The predicted molar refractivity (Wildman–Crippen MR) is 118 cm³/mol. The number of thioether (sulfide) groups is 1. The number of hydrogen-bond donors (Lipinski definition) is 0. The zero-order valence-electron chi connectivity index (χ0n) is 18.5. The summed E-state index contributed by atoms with van der Waals surface area (Å²) in [6.07, 6.45) is 0.376. The molecule has 2 aromatic rings. The van der Waals surface area contributed by atoms with Crippen LogP contribution in [0, 0.1) is 0 Å². The van der Waals surface area contributed by atoms with Gasteiger partial charge in [0.25, 0.3) is 0 Å². The summed E-state index contributed by atoms with van der Waals surface area (Å²) in [4.78, 5) is 43.5. The number of rotatable bonds is 7. The summed E-state index contributed by atoms with van der Waals surface area (Å²) in [6, 6.07) is 7.05. The third kappa shape index (κ3) is 6.58. The van der Waals surface area contributed by atoms with Crippen molar-refractivity contribution in [2.24, 2.45) is 0 Å². The maximum absolute atomic E-state index is 11.8. The van der Waals surface area contributed by atoms with E-state index in [2.05, 4.69) is 9.97 Å². The van der Waals surface area contributed by atoms with Crippen LogP contribution in [-0.2, 0) is 28.6 Å². The zero-order chi connectivity index (χ0) is 24.0. The van der Waals surface area contributed by atoms with Crippen molar-refractivity contribution >= 4 is 29.7 Å². The molecule has 33 heavy (non-hydrogen) atoms. The highest BCUT2D eigenvalue weighted by Gasteiger charge is 2.47. The first-order valence-corrected chi connectivity index (χ1v) is 11.1.